The molecule has 1 aromatic carbocycles. The Kier molecular flexibility index (Phi) is 2.90. The molecule has 1 atom stereocenters. The molecule has 92 valence electrons. The van der Waals surface area contributed by atoms with Gasteiger partial charge in [-0.3, -0.25) is 4.79 Å². The smallest absolute Gasteiger partial charge is 0.277 e. The molecule has 1 aliphatic heterocycles. The number of nitrogens with two attached hydrogens (primary N) is 1. The zero-order chi connectivity index (χ0) is 12.6. The summed E-state index contributed by atoms with van der Waals surface area (Å²) in [6.07, 6.45) is 0. The van der Waals surface area contributed by atoms with E-state index < -0.39 is 16.3 Å². The number of carbonyl (C=O) groups is 1. The molecule has 1 amide bonds. The molecule has 1 heterocycles. The largest absolute Gasteiger partial charge is 0.324 e. The van der Waals surface area contributed by atoms with E-state index in [2.05, 4.69) is 5.32 Å². The van der Waals surface area contributed by atoms with Crippen molar-refractivity contribution in [1.29, 1.82) is 0 Å². The number of rotatable bonds is 1. The Morgan fingerprint density at radius 3 is 2.71 bits per heavy atom. The maximum Gasteiger partial charge on any atom is 0.277 e. The second kappa shape index (κ2) is 4.10. The molecule has 1 aliphatic rings. The van der Waals surface area contributed by atoms with Gasteiger partial charge < -0.3 is 5.32 Å². The molecule has 0 fully saturated rings. The highest BCUT2D eigenvalue weighted by Gasteiger charge is 2.32. The Balaban J connectivity index is 2.49. The van der Waals surface area contributed by atoms with E-state index in [-0.39, 0.29) is 12.5 Å². The second-order valence-electron chi connectivity index (χ2n) is 3.91. The number of hydrogen-bond acceptors (Lipinski definition) is 3. The molecule has 6 nitrogen and oxygen atoms in total. The van der Waals surface area contributed by atoms with E-state index in [0.717, 1.165) is 9.87 Å². The van der Waals surface area contributed by atoms with Crippen LogP contribution >= 0.6 is 0 Å². The number of amides is 1. The number of hydrogen-bond donors (Lipinski definition) is 2. The molecule has 3 N–H and O–H groups in total. The summed E-state index contributed by atoms with van der Waals surface area (Å²) < 4.78 is 23.8. The number of carbonyl (C=O) groups excluding carboxylic acids is 1. The van der Waals surface area contributed by atoms with Gasteiger partial charge in [0.2, 0.25) is 5.91 Å². The number of nitrogens with one attached hydrogen (secondary N) is 1. The minimum Gasteiger partial charge on any atom is -0.324 e. The van der Waals surface area contributed by atoms with Crippen molar-refractivity contribution in [2.24, 2.45) is 5.14 Å². The van der Waals surface area contributed by atoms with Crippen LogP contribution in [0.1, 0.15) is 12.5 Å². The van der Waals surface area contributed by atoms with Gasteiger partial charge in [-0.25, -0.2) is 5.14 Å². The van der Waals surface area contributed by atoms with Gasteiger partial charge in [0, 0.05) is 12.2 Å². The molecule has 2 rings (SSSR count). The van der Waals surface area contributed by atoms with Gasteiger partial charge >= 0.3 is 0 Å². The lowest BCUT2D eigenvalue weighted by Gasteiger charge is -2.21. The Morgan fingerprint density at radius 2 is 2.06 bits per heavy atom. The highest BCUT2D eigenvalue weighted by atomic mass is 32.2. The van der Waals surface area contributed by atoms with Gasteiger partial charge in [-0.15, -0.1) is 0 Å². The summed E-state index contributed by atoms with van der Waals surface area (Å²) in [6.45, 7) is 1.60. The van der Waals surface area contributed by atoms with Gasteiger partial charge in [0.15, 0.2) is 0 Å². The average molecular weight is 255 g/mol. The highest BCUT2D eigenvalue weighted by molar-refractivity contribution is 7.86. The van der Waals surface area contributed by atoms with E-state index in [1.54, 1.807) is 24.3 Å². The lowest BCUT2D eigenvalue weighted by molar-refractivity contribution is -0.119. The van der Waals surface area contributed by atoms with Gasteiger partial charge in [-0.2, -0.15) is 12.7 Å². The van der Waals surface area contributed by atoms with Gasteiger partial charge in [-0.05, 0) is 18.6 Å². The molecule has 0 aromatic heterocycles. The second-order valence-corrected chi connectivity index (χ2v) is 5.41. The normalized spacial score (nSPS) is 21.5. The van der Waals surface area contributed by atoms with Crippen LogP contribution in [0.4, 0.5) is 5.69 Å². The molecule has 0 saturated heterocycles. The van der Waals surface area contributed by atoms with E-state index in [4.69, 9.17) is 5.14 Å². The van der Waals surface area contributed by atoms with Crippen LogP contribution in [0.15, 0.2) is 24.3 Å². The molecule has 7 heteroatoms. The number of fused-ring (bicyclic) bond motifs is 1. The third kappa shape index (κ3) is 2.31. The monoisotopic (exact) mass is 255 g/mol. The van der Waals surface area contributed by atoms with Crippen LogP contribution in [0.25, 0.3) is 0 Å². The summed E-state index contributed by atoms with van der Waals surface area (Å²) in [5, 5.41) is 7.78. The van der Waals surface area contributed by atoms with Crippen LogP contribution in [0.3, 0.4) is 0 Å². The van der Waals surface area contributed by atoms with Crippen molar-refractivity contribution in [2.45, 2.75) is 19.5 Å². The van der Waals surface area contributed by atoms with Crippen LogP contribution in [0.2, 0.25) is 0 Å². The molecule has 0 radical (unpaired) electrons. The molecule has 0 aliphatic carbocycles. The van der Waals surface area contributed by atoms with Gasteiger partial charge in [0.25, 0.3) is 10.2 Å². The molecule has 0 spiro atoms. The van der Waals surface area contributed by atoms with Gasteiger partial charge in [-0.1, -0.05) is 18.2 Å². The summed E-state index contributed by atoms with van der Waals surface area (Å²) >= 11 is 0. The van der Waals surface area contributed by atoms with Crippen LogP contribution in [-0.4, -0.2) is 24.7 Å². The quantitative estimate of drug-likeness (QED) is 0.741. The predicted molar refractivity (Wildman–Crippen MR) is 63.2 cm³/mol. The topological polar surface area (TPSA) is 92.5 Å². The lowest BCUT2D eigenvalue weighted by atomic mass is 10.2. The van der Waals surface area contributed by atoms with Crippen molar-refractivity contribution in [2.75, 3.05) is 5.32 Å². The van der Waals surface area contributed by atoms with Gasteiger partial charge in [0.1, 0.15) is 6.04 Å². The van der Waals surface area contributed by atoms with E-state index in [1.165, 1.54) is 6.92 Å². The number of anilines is 1. The summed E-state index contributed by atoms with van der Waals surface area (Å²) in [5.41, 5.74) is 1.34. The fourth-order valence-corrected chi connectivity index (χ4v) is 2.62. The van der Waals surface area contributed by atoms with Crippen LogP contribution in [-0.2, 0) is 21.5 Å². The zero-order valence-electron chi connectivity index (χ0n) is 9.25. The van der Waals surface area contributed by atoms with Crippen molar-refractivity contribution < 1.29 is 13.2 Å². The maximum atomic E-state index is 11.8. The minimum absolute atomic E-state index is 0.0922. The molecular formula is C10H13N3O3S. The van der Waals surface area contributed by atoms with Crippen LogP contribution in [0, 0.1) is 0 Å². The Bertz CT molecular complexity index is 556. The average Bonchev–Trinajstić information content (AvgIpc) is 2.36. The molecule has 0 saturated carbocycles. The lowest BCUT2D eigenvalue weighted by Crippen LogP contribution is -2.46. The number of nitrogens with zero attached hydrogens (tertiary/aromatic N) is 1. The number of benzene rings is 1. The molecule has 17 heavy (non-hydrogen) atoms. The standard InChI is InChI=1S/C10H13N3O3S/c1-7-10(14)12-9-5-3-2-4-8(9)6-13(7)17(11,15)16/h2-5,7H,6H2,1H3,(H,12,14)(H2,11,15,16). The zero-order valence-corrected chi connectivity index (χ0v) is 10.1. The maximum absolute atomic E-state index is 11.8. The first-order valence-corrected chi connectivity index (χ1v) is 6.58. The fraction of sp³-hybridized carbons (Fsp3) is 0.300. The van der Waals surface area contributed by atoms with E-state index in [1.807, 2.05) is 0 Å². The Hall–Kier alpha value is -1.44. The minimum atomic E-state index is -3.90. The predicted octanol–water partition coefficient (Wildman–Crippen LogP) is 0.0327. The molecule has 1 unspecified atom stereocenters. The SMILES string of the molecule is CC1C(=O)Nc2ccccc2CN1S(N)(=O)=O. The van der Waals surface area contributed by atoms with Crippen molar-refractivity contribution in [1.82, 2.24) is 4.31 Å². The first-order chi connectivity index (χ1) is 7.89. The third-order valence-electron chi connectivity index (χ3n) is 2.74. The summed E-state index contributed by atoms with van der Waals surface area (Å²) in [6, 6.07) is 6.22. The van der Waals surface area contributed by atoms with Crippen LogP contribution < -0.4 is 10.5 Å². The third-order valence-corrected chi connectivity index (χ3v) is 3.84. The van der Waals surface area contributed by atoms with Gasteiger partial charge in [0.05, 0.1) is 0 Å². The van der Waals surface area contributed by atoms with E-state index in [0.29, 0.717) is 5.69 Å². The molecule has 1 aromatic rings. The van der Waals surface area contributed by atoms with Crippen molar-refractivity contribution >= 4 is 21.8 Å². The first kappa shape index (κ1) is 12.0. The van der Waals surface area contributed by atoms with Crippen molar-refractivity contribution in [3.05, 3.63) is 29.8 Å². The fourth-order valence-electron chi connectivity index (χ4n) is 1.76. The Morgan fingerprint density at radius 1 is 1.41 bits per heavy atom. The number of para-hydroxylation sites is 1. The first-order valence-electron chi connectivity index (χ1n) is 5.08. The van der Waals surface area contributed by atoms with E-state index in [9.17, 15) is 13.2 Å². The van der Waals surface area contributed by atoms with Crippen LogP contribution in [0.5, 0.6) is 0 Å². The summed E-state index contributed by atoms with van der Waals surface area (Å²) in [7, 11) is -3.90. The summed E-state index contributed by atoms with van der Waals surface area (Å²) in [5.74, 6) is -0.385. The van der Waals surface area contributed by atoms with E-state index >= 15 is 0 Å². The van der Waals surface area contributed by atoms with Crippen molar-refractivity contribution in [3.8, 4) is 0 Å². The molecular weight excluding hydrogens is 242 g/mol. The van der Waals surface area contributed by atoms with Crippen molar-refractivity contribution in [3.63, 3.8) is 0 Å². The molecule has 0 bridgehead atoms. The Labute approximate surface area is 99.6 Å². The summed E-state index contributed by atoms with van der Waals surface area (Å²) in [4.78, 5) is 11.8. The highest BCUT2D eigenvalue weighted by Crippen LogP contribution is 2.23.